The van der Waals surface area contributed by atoms with E-state index in [4.69, 9.17) is 0 Å². The molecule has 2 aliphatic rings. The second-order valence-electron chi connectivity index (χ2n) is 7.50. The van der Waals surface area contributed by atoms with Crippen molar-refractivity contribution in [2.24, 2.45) is 5.92 Å². The van der Waals surface area contributed by atoms with E-state index in [0.29, 0.717) is 12.0 Å². The average Bonchev–Trinajstić information content (AvgIpc) is 3.00. The summed E-state index contributed by atoms with van der Waals surface area (Å²) in [6.45, 7) is 3.38. The Balaban J connectivity index is 1.50. The molecule has 2 saturated heterocycles. The van der Waals surface area contributed by atoms with Crippen molar-refractivity contribution in [3.05, 3.63) is 71.5 Å². The highest BCUT2D eigenvalue weighted by atomic mass is 19.1. The summed E-state index contributed by atoms with van der Waals surface area (Å²) in [5.74, 6) is 0.462. The molecule has 2 aromatic carbocycles. The third kappa shape index (κ3) is 3.65. The van der Waals surface area contributed by atoms with Gasteiger partial charge in [0.2, 0.25) is 0 Å². The largest absolute Gasteiger partial charge is 0.337 e. The maximum absolute atomic E-state index is 13.6. The van der Waals surface area contributed by atoms with Crippen LogP contribution in [0.2, 0.25) is 0 Å². The summed E-state index contributed by atoms with van der Waals surface area (Å²) in [6, 6.07) is 16.8. The molecule has 4 heteroatoms. The number of hydrogen-bond acceptors (Lipinski definition) is 2. The summed E-state index contributed by atoms with van der Waals surface area (Å²) in [5.41, 5.74) is 1.78. The molecule has 2 aromatic rings. The Labute approximate surface area is 154 Å². The van der Waals surface area contributed by atoms with Crippen LogP contribution in [0.4, 0.5) is 4.39 Å². The van der Waals surface area contributed by atoms with Gasteiger partial charge in [-0.25, -0.2) is 4.39 Å². The van der Waals surface area contributed by atoms with Gasteiger partial charge >= 0.3 is 0 Å². The highest BCUT2D eigenvalue weighted by molar-refractivity contribution is 5.94. The first-order chi connectivity index (χ1) is 12.7. The number of hydrogen-bond donors (Lipinski definition) is 0. The Hall–Kier alpha value is -2.20. The zero-order valence-electron chi connectivity index (χ0n) is 15.0. The van der Waals surface area contributed by atoms with Crippen LogP contribution in [-0.4, -0.2) is 41.4 Å². The molecule has 0 saturated carbocycles. The van der Waals surface area contributed by atoms with Crippen molar-refractivity contribution in [2.45, 2.75) is 31.8 Å². The van der Waals surface area contributed by atoms with Crippen molar-refractivity contribution in [1.82, 2.24) is 9.80 Å². The monoisotopic (exact) mass is 352 g/mol. The first-order valence-electron chi connectivity index (χ1n) is 9.53. The normalized spacial score (nSPS) is 23.5. The number of benzene rings is 2. The minimum Gasteiger partial charge on any atom is -0.337 e. The molecule has 2 heterocycles. The van der Waals surface area contributed by atoms with Gasteiger partial charge in [0, 0.05) is 31.2 Å². The molecule has 0 bridgehead atoms. The Kier molecular flexibility index (Phi) is 5.02. The molecular formula is C22H25FN2O. The van der Waals surface area contributed by atoms with E-state index in [-0.39, 0.29) is 11.7 Å². The SMILES string of the molecule is O=C(c1ccccc1)N1C[C@@H]2CCCCN(Cc3cccc(F)c3)[C@@H]2C1. The van der Waals surface area contributed by atoms with E-state index < -0.39 is 0 Å². The summed E-state index contributed by atoms with van der Waals surface area (Å²) in [6.07, 6.45) is 3.55. The fraction of sp³-hybridized carbons (Fsp3) is 0.409. The van der Waals surface area contributed by atoms with Gasteiger partial charge in [0.25, 0.3) is 5.91 Å². The van der Waals surface area contributed by atoms with E-state index in [0.717, 1.165) is 37.3 Å². The number of carbonyl (C=O) groups excluding carboxylic acids is 1. The first kappa shape index (κ1) is 17.2. The van der Waals surface area contributed by atoms with Crippen LogP contribution in [0.1, 0.15) is 35.2 Å². The molecule has 26 heavy (non-hydrogen) atoms. The van der Waals surface area contributed by atoms with Crippen LogP contribution >= 0.6 is 0 Å². The van der Waals surface area contributed by atoms with Crippen molar-refractivity contribution in [1.29, 1.82) is 0 Å². The van der Waals surface area contributed by atoms with Crippen molar-refractivity contribution >= 4 is 5.91 Å². The number of halogens is 1. The number of likely N-dealkylation sites (tertiary alicyclic amines) is 2. The lowest BCUT2D eigenvalue weighted by atomic mass is 9.98. The van der Waals surface area contributed by atoms with Crippen molar-refractivity contribution in [3.8, 4) is 0 Å². The smallest absolute Gasteiger partial charge is 0.253 e. The molecule has 0 aliphatic carbocycles. The van der Waals surface area contributed by atoms with Crippen LogP contribution in [0.3, 0.4) is 0 Å². The fourth-order valence-corrected chi connectivity index (χ4v) is 4.43. The third-order valence-corrected chi connectivity index (χ3v) is 5.73. The quantitative estimate of drug-likeness (QED) is 0.835. The number of carbonyl (C=O) groups is 1. The highest BCUT2D eigenvalue weighted by Crippen LogP contribution is 2.31. The van der Waals surface area contributed by atoms with Crippen LogP contribution < -0.4 is 0 Å². The third-order valence-electron chi connectivity index (χ3n) is 5.73. The van der Waals surface area contributed by atoms with Gasteiger partial charge < -0.3 is 4.90 Å². The predicted molar refractivity (Wildman–Crippen MR) is 100 cm³/mol. The second-order valence-corrected chi connectivity index (χ2v) is 7.50. The maximum Gasteiger partial charge on any atom is 0.253 e. The van der Waals surface area contributed by atoms with E-state index in [1.807, 2.05) is 41.3 Å². The summed E-state index contributed by atoms with van der Waals surface area (Å²) in [7, 11) is 0. The summed E-state index contributed by atoms with van der Waals surface area (Å²) >= 11 is 0. The molecule has 2 atom stereocenters. The second kappa shape index (κ2) is 7.58. The van der Waals surface area contributed by atoms with Crippen molar-refractivity contribution in [2.75, 3.05) is 19.6 Å². The predicted octanol–water partition coefficient (Wildman–Crippen LogP) is 3.95. The van der Waals surface area contributed by atoms with E-state index >= 15 is 0 Å². The number of fused-ring (bicyclic) bond motifs is 1. The Morgan fingerprint density at radius 2 is 1.88 bits per heavy atom. The topological polar surface area (TPSA) is 23.6 Å². The van der Waals surface area contributed by atoms with Gasteiger partial charge in [0.05, 0.1) is 0 Å². The van der Waals surface area contributed by atoms with Crippen molar-refractivity contribution < 1.29 is 9.18 Å². The van der Waals surface area contributed by atoms with E-state index in [2.05, 4.69) is 4.90 Å². The van der Waals surface area contributed by atoms with Gasteiger partial charge in [-0.1, -0.05) is 36.8 Å². The molecule has 0 aromatic heterocycles. The minimum atomic E-state index is -0.179. The van der Waals surface area contributed by atoms with Gasteiger partial charge in [-0.3, -0.25) is 9.69 Å². The number of nitrogens with zero attached hydrogens (tertiary/aromatic N) is 2. The molecule has 3 nitrogen and oxygen atoms in total. The van der Waals surface area contributed by atoms with E-state index in [1.54, 1.807) is 12.1 Å². The van der Waals surface area contributed by atoms with Crippen LogP contribution in [-0.2, 0) is 6.54 Å². The molecule has 136 valence electrons. The first-order valence-corrected chi connectivity index (χ1v) is 9.53. The van der Waals surface area contributed by atoms with Crippen LogP contribution in [0.5, 0.6) is 0 Å². The van der Waals surface area contributed by atoms with Gasteiger partial charge in [-0.15, -0.1) is 0 Å². The summed E-state index contributed by atoms with van der Waals surface area (Å²) in [4.78, 5) is 17.3. The lowest BCUT2D eigenvalue weighted by Crippen LogP contribution is -2.40. The average molecular weight is 352 g/mol. The van der Waals surface area contributed by atoms with Gasteiger partial charge in [-0.05, 0) is 55.1 Å². The molecular weight excluding hydrogens is 327 g/mol. The molecule has 2 aliphatic heterocycles. The number of amides is 1. The highest BCUT2D eigenvalue weighted by Gasteiger charge is 2.39. The Morgan fingerprint density at radius 3 is 2.69 bits per heavy atom. The van der Waals surface area contributed by atoms with Crippen LogP contribution in [0.15, 0.2) is 54.6 Å². The molecule has 0 radical (unpaired) electrons. The zero-order chi connectivity index (χ0) is 17.9. The molecule has 0 N–H and O–H groups in total. The molecule has 2 fully saturated rings. The molecule has 0 unspecified atom stereocenters. The Morgan fingerprint density at radius 1 is 1.04 bits per heavy atom. The lowest BCUT2D eigenvalue weighted by molar-refractivity contribution is 0.0773. The zero-order valence-corrected chi connectivity index (χ0v) is 15.0. The summed E-state index contributed by atoms with van der Waals surface area (Å²) < 4.78 is 13.6. The number of rotatable bonds is 3. The van der Waals surface area contributed by atoms with Gasteiger partial charge in [0.1, 0.15) is 5.82 Å². The standard InChI is InChI=1S/C22H25FN2O/c23-20-11-6-7-17(13-20)14-24-12-5-4-10-19-15-25(16-21(19)24)22(26)18-8-2-1-3-9-18/h1-3,6-9,11,13,19,21H,4-5,10,12,14-16H2/t19-,21+/m0/s1. The Bertz CT molecular complexity index is 764. The van der Waals surface area contributed by atoms with E-state index in [9.17, 15) is 9.18 Å². The van der Waals surface area contributed by atoms with Crippen LogP contribution in [0, 0.1) is 11.7 Å². The lowest BCUT2D eigenvalue weighted by Gasteiger charge is -2.30. The van der Waals surface area contributed by atoms with Gasteiger partial charge in [0.15, 0.2) is 0 Å². The minimum absolute atomic E-state index is 0.129. The van der Waals surface area contributed by atoms with Crippen LogP contribution in [0.25, 0.3) is 0 Å². The van der Waals surface area contributed by atoms with E-state index in [1.165, 1.54) is 25.3 Å². The molecule has 0 spiro atoms. The fourth-order valence-electron chi connectivity index (χ4n) is 4.43. The molecule has 1 amide bonds. The summed E-state index contributed by atoms with van der Waals surface area (Å²) in [5, 5.41) is 0. The van der Waals surface area contributed by atoms with Crippen molar-refractivity contribution in [3.63, 3.8) is 0 Å². The maximum atomic E-state index is 13.6. The molecule has 4 rings (SSSR count). The van der Waals surface area contributed by atoms with Gasteiger partial charge in [-0.2, -0.15) is 0 Å².